The minimum Gasteiger partial charge on any atom is -0.478 e. The Morgan fingerprint density at radius 3 is 2.47 bits per heavy atom. The van der Waals surface area contributed by atoms with Crippen molar-refractivity contribution in [2.24, 2.45) is 11.3 Å². The van der Waals surface area contributed by atoms with E-state index in [4.69, 9.17) is 33.5 Å². The predicted molar refractivity (Wildman–Crippen MR) is 165 cm³/mol. The first-order valence-electron chi connectivity index (χ1n) is 15.5. The van der Waals surface area contributed by atoms with Gasteiger partial charge in [-0.3, -0.25) is 4.79 Å². The number of methoxy groups -OCH3 is 2. The van der Waals surface area contributed by atoms with Crippen LogP contribution in [0.5, 0.6) is 0 Å². The molecule has 0 aromatic rings. The molecule has 3 rings (SSSR count). The van der Waals surface area contributed by atoms with Gasteiger partial charge in [0.15, 0.2) is 12.3 Å². The molecule has 12 nitrogen and oxygen atoms in total. The van der Waals surface area contributed by atoms with Crippen molar-refractivity contribution in [1.82, 2.24) is 5.32 Å². The highest BCUT2D eigenvalue weighted by molar-refractivity contribution is 5.82. The first kappa shape index (κ1) is 37.0. The van der Waals surface area contributed by atoms with Crippen molar-refractivity contribution in [3.63, 3.8) is 0 Å². The number of allylic oxidation sites excluding steroid dienone is 5. The van der Waals surface area contributed by atoms with Gasteiger partial charge in [-0.25, -0.2) is 4.79 Å². The molecule has 4 N–H and O–H groups in total. The molecule has 3 fully saturated rings. The van der Waals surface area contributed by atoms with Crippen LogP contribution >= 0.6 is 0 Å². The predicted octanol–water partition coefficient (Wildman–Crippen LogP) is 2.99. The molecular formula is C33H51NO11. The molecule has 3 aliphatic rings. The van der Waals surface area contributed by atoms with Crippen LogP contribution in [0.15, 0.2) is 48.6 Å². The van der Waals surface area contributed by atoms with E-state index in [0.29, 0.717) is 12.8 Å². The maximum absolute atomic E-state index is 13.4. The first-order chi connectivity index (χ1) is 21.3. The number of hydrogen-bond acceptors (Lipinski definition) is 10. The molecule has 0 aliphatic carbocycles. The van der Waals surface area contributed by atoms with Gasteiger partial charge in [-0.15, -0.1) is 0 Å². The summed E-state index contributed by atoms with van der Waals surface area (Å²) in [4.78, 5) is 23.9. The van der Waals surface area contributed by atoms with Crippen LogP contribution in [0.2, 0.25) is 0 Å². The quantitative estimate of drug-likeness (QED) is 0.0959. The molecule has 0 saturated carbocycles. The number of ether oxygens (including phenoxy) is 6. The molecule has 0 radical (unpaired) electrons. The average Bonchev–Trinajstić information content (AvgIpc) is 2.98. The van der Waals surface area contributed by atoms with Crippen molar-refractivity contribution < 1.29 is 53.3 Å². The van der Waals surface area contributed by atoms with E-state index in [1.807, 2.05) is 39.8 Å². The summed E-state index contributed by atoms with van der Waals surface area (Å²) >= 11 is 0. The largest absolute Gasteiger partial charge is 0.478 e. The van der Waals surface area contributed by atoms with Crippen LogP contribution in [-0.2, 0) is 38.0 Å². The van der Waals surface area contributed by atoms with Crippen LogP contribution in [0.1, 0.15) is 59.8 Å². The molecule has 254 valence electrons. The molecule has 1 amide bonds. The lowest BCUT2D eigenvalue weighted by molar-refractivity contribution is -0.332. The second kappa shape index (κ2) is 16.4. The van der Waals surface area contributed by atoms with E-state index in [9.17, 15) is 19.8 Å². The third kappa shape index (κ3) is 9.11. The maximum atomic E-state index is 13.4. The monoisotopic (exact) mass is 637 g/mol. The molecule has 3 aliphatic heterocycles. The number of unbranched alkanes of at least 4 members (excludes halogenated alkanes) is 1. The normalized spacial score (nSPS) is 35.0. The van der Waals surface area contributed by atoms with Crippen molar-refractivity contribution in [3.05, 3.63) is 48.6 Å². The zero-order valence-electron chi connectivity index (χ0n) is 27.2. The van der Waals surface area contributed by atoms with Gasteiger partial charge in [-0.05, 0) is 26.2 Å². The molecule has 0 aromatic carbocycles. The Labute approximate surface area is 266 Å². The van der Waals surface area contributed by atoms with Gasteiger partial charge in [-0.1, -0.05) is 63.3 Å². The molecule has 10 atom stereocenters. The fraction of sp³-hybridized carbons (Fsp3) is 0.697. The van der Waals surface area contributed by atoms with Crippen LogP contribution in [0.25, 0.3) is 0 Å². The Bertz CT molecular complexity index is 1100. The van der Waals surface area contributed by atoms with E-state index in [2.05, 4.69) is 11.9 Å². The minimum absolute atomic E-state index is 0.0357. The molecule has 0 spiro atoms. The Hall–Kier alpha value is -2.42. The number of amides is 1. The van der Waals surface area contributed by atoms with E-state index >= 15 is 0 Å². The number of carboxylic acid groups (broad SMARTS) is 1. The van der Waals surface area contributed by atoms with Crippen LogP contribution in [0, 0.1) is 11.3 Å². The number of carboxylic acids is 1. The molecule has 45 heavy (non-hydrogen) atoms. The van der Waals surface area contributed by atoms with Crippen LogP contribution in [-0.4, -0.2) is 103 Å². The van der Waals surface area contributed by atoms with Crippen molar-refractivity contribution >= 4 is 11.9 Å². The smallest absolute Gasteiger partial charge is 0.328 e. The van der Waals surface area contributed by atoms with Gasteiger partial charge < -0.3 is 49.1 Å². The number of carbonyl (C=O) groups excluding carboxylic acids is 1. The zero-order chi connectivity index (χ0) is 33.4. The van der Waals surface area contributed by atoms with Gasteiger partial charge in [0.2, 0.25) is 5.79 Å². The van der Waals surface area contributed by atoms with Crippen LogP contribution in [0.4, 0.5) is 0 Å². The summed E-state index contributed by atoms with van der Waals surface area (Å²) in [5.41, 5.74) is 0.255. The van der Waals surface area contributed by atoms with E-state index in [1.165, 1.54) is 13.2 Å². The van der Waals surface area contributed by atoms with E-state index in [-0.39, 0.29) is 25.2 Å². The highest BCUT2D eigenvalue weighted by Gasteiger charge is 2.57. The highest BCUT2D eigenvalue weighted by atomic mass is 16.7. The number of aliphatic hydroxyl groups excluding tert-OH is 2. The number of nitrogens with one attached hydrogen (secondary N) is 1. The van der Waals surface area contributed by atoms with E-state index in [1.54, 1.807) is 19.3 Å². The van der Waals surface area contributed by atoms with Crippen LogP contribution < -0.4 is 5.32 Å². The molecule has 12 heteroatoms. The van der Waals surface area contributed by atoms with Crippen molar-refractivity contribution in [3.8, 4) is 0 Å². The van der Waals surface area contributed by atoms with Gasteiger partial charge in [0, 0.05) is 44.5 Å². The van der Waals surface area contributed by atoms with Crippen molar-refractivity contribution in [2.45, 2.75) is 115 Å². The summed E-state index contributed by atoms with van der Waals surface area (Å²) in [6.07, 6.45) is 6.23. The van der Waals surface area contributed by atoms with Crippen molar-refractivity contribution in [1.29, 1.82) is 0 Å². The summed E-state index contributed by atoms with van der Waals surface area (Å²) in [5.74, 6) is -3.32. The van der Waals surface area contributed by atoms with Crippen LogP contribution in [0.3, 0.4) is 0 Å². The second-order valence-electron chi connectivity index (χ2n) is 12.6. The third-order valence-electron chi connectivity index (χ3n) is 9.17. The summed E-state index contributed by atoms with van der Waals surface area (Å²) in [6.45, 7) is 11.8. The summed E-state index contributed by atoms with van der Waals surface area (Å²) in [5, 5.41) is 33.5. The Kier molecular flexibility index (Phi) is 13.5. The second-order valence-corrected chi connectivity index (χ2v) is 12.6. The van der Waals surface area contributed by atoms with E-state index < -0.39 is 65.9 Å². The number of aliphatic carboxylic acids is 1. The lowest BCUT2D eigenvalue weighted by Gasteiger charge is -2.54. The lowest BCUT2D eigenvalue weighted by atomic mass is 9.72. The molecule has 0 bridgehead atoms. The zero-order valence-corrected chi connectivity index (χ0v) is 27.2. The fourth-order valence-corrected chi connectivity index (χ4v) is 6.21. The summed E-state index contributed by atoms with van der Waals surface area (Å²) in [7, 11) is 2.98. The minimum atomic E-state index is -1.68. The number of carbonyl (C=O) groups is 2. The topological polar surface area (TPSA) is 162 Å². The van der Waals surface area contributed by atoms with Gasteiger partial charge >= 0.3 is 5.97 Å². The number of rotatable bonds is 14. The molecule has 3 heterocycles. The summed E-state index contributed by atoms with van der Waals surface area (Å²) in [6, 6.07) is 0. The Balaban J connectivity index is 1.64. The number of hydrogen-bond donors (Lipinski definition) is 4. The van der Waals surface area contributed by atoms with Gasteiger partial charge in [0.05, 0.1) is 24.4 Å². The van der Waals surface area contributed by atoms with Crippen molar-refractivity contribution in [2.75, 3.05) is 21.0 Å². The van der Waals surface area contributed by atoms with Gasteiger partial charge in [0.25, 0.3) is 5.91 Å². The molecule has 0 aromatic heterocycles. The Morgan fingerprint density at radius 2 is 1.82 bits per heavy atom. The number of aliphatic hydroxyl groups is 2. The lowest BCUT2D eigenvalue weighted by Crippen LogP contribution is -2.69. The molecule has 0 unspecified atom stereocenters. The number of fused-ring (bicyclic) bond motifs is 1. The highest BCUT2D eigenvalue weighted by Crippen LogP contribution is 2.44. The molecule has 3 saturated heterocycles. The fourth-order valence-electron chi connectivity index (χ4n) is 6.21. The van der Waals surface area contributed by atoms with Gasteiger partial charge in [-0.2, -0.15) is 0 Å². The standard InChI is InChI=1S/C33H51NO11/c1-20-18-33(41-7,45-22(3)21(20)2)28(38)30(39)34-31-27-26(42-19-43-31)29(40-6)32(4,5)24(44-27)17-23(35)15-13-11-9-8-10-12-14-16-25(36)37/h8-10,12,14,16,21-24,26-29,31,35,38H,1,11,13,15,17-19H2,2-7H3,(H,34,39)(H,36,37)/b9-8+,12-10+,16-14+/t21-,22-,23-,24-,26+,27-,28-,29-,31+,33-/m1/s1. The van der Waals surface area contributed by atoms with E-state index in [0.717, 1.165) is 24.5 Å². The molecular weight excluding hydrogens is 586 g/mol. The Morgan fingerprint density at radius 1 is 1.11 bits per heavy atom. The average molecular weight is 638 g/mol. The third-order valence-corrected chi connectivity index (χ3v) is 9.17. The SMILES string of the molecule is C=C1C[C@](OC)([C@H](O)C(=O)N[C@H]2OCO[C@H]3[C@H]2O[C@H](C[C@H](O)CCC/C=C/C=C/C=C/C(=O)O)C(C)(C)[C@@H]3OC)O[C@H](C)[C@@H]1C. The first-order valence-corrected chi connectivity index (χ1v) is 15.5. The maximum Gasteiger partial charge on any atom is 0.328 e. The summed E-state index contributed by atoms with van der Waals surface area (Å²) < 4.78 is 35.7. The van der Waals surface area contributed by atoms with Gasteiger partial charge in [0.1, 0.15) is 19.0 Å².